The van der Waals surface area contributed by atoms with E-state index in [1.165, 1.54) is 0 Å². The van der Waals surface area contributed by atoms with Gasteiger partial charge in [0, 0.05) is 0 Å². The summed E-state index contributed by atoms with van der Waals surface area (Å²) in [5.41, 5.74) is 0.858. The van der Waals surface area contributed by atoms with E-state index in [9.17, 15) is 0 Å². The molecule has 0 atom stereocenters. The van der Waals surface area contributed by atoms with Crippen LogP contribution in [0.3, 0.4) is 0 Å². The van der Waals surface area contributed by atoms with Crippen molar-refractivity contribution in [3.05, 3.63) is 26.6 Å². The topological polar surface area (TPSA) is 29.5 Å². The zero-order valence-electron chi connectivity index (χ0n) is 8.97. The highest BCUT2D eigenvalue weighted by molar-refractivity contribution is 9.11. The summed E-state index contributed by atoms with van der Waals surface area (Å²) in [5.74, 6) is 0.825. The molecule has 0 aliphatic rings. The molecule has 0 saturated heterocycles. The van der Waals surface area contributed by atoms with Crippen molar-refractivity contribution in [3.63, 3.8) is 0 Å². The summed E-state index contributed by atoms with van der Waals surface area (Å²) in [4.78, 5) is 0. The van der Waals surface area contributed by atoms with Crippen molar-refractivity contribution in [2.24, 2.45) is 0 Å². The lowest BCUT2D eigenvalue weighted by Gasteiger charge is -2.21. The lowest BCUT2D eigenvalue weighted by atomic mass is 10.2. The van der Waals surface area contributed by atoms with Crippen molar-refractivity contribution >= 4 is 40.2 Å². The third-order valence-electron chi connectivity index (χ3n) is 1.65. The van der Waals surface area contributed by atoms with Crippen LogP contribution in [0, 0.1) is 0 Å². The van der Waals surface area contributed by atoms with E-state index in [-0.39, 0.29) is 6.61 Å². The first-order valence-corrected chi connectivity index (χ1v) is 9.60. The predicted molar refractivity (Wildman–Crippen MR) is 71.7 cm³/mol. The van der Waals surface area contributed by atoms with Crippen LogP contribution in [-0.2, 0) is 6.61 Å². The molecule has 15 heavy (non-hydrogen) atoms. The molecule has 0 aromatic heterocycles. The van der Waals surface area contributed by atoms with E-state index in [4.69, 9.17) is 9.53 Å². The fourth-order valence-electron chi connectivity index (χ4n) is 1.11. The minimum Gasteiger partial charge on any atom is -0.543 e. The van der Waals surface area contributed by atoms with E-state index in [1.807, 2.05) is 12.1 Å². The van der Waals surface area contributed by atoms with E-state index in [0.717, 1.165) is 20.3 Å². The molecular weight excluding hydrogens is 340 g/mol. The number of aliphatic hydroxyl groups excluding tert-OH is 1. The number of halogens is 2. The predicted octanol–water partition coefficient (Wildman–Crippen LogP) is 3.92. The highest BCUT2D eigenvalue weighted by atomic mass is 79.9. The molecule has 0 fully saturated rings. The molecule has 1 aromatic carbocycles. The van der Waals surface area contributed by atoms with Crippen LogP contribution in [0.1, 0.15) is 5.56 Å². The van der Waals surface area contributed by atoms with Gasteiger partial charge in [-0.05, 0) is 69.2 Å². The first-order valence-electron chi connectivity index (χ1n) is 4.61. The Morgan fingerprint density at radius 3 is 2.00 bits per heavy atom. The smallest absolute Gasteiger partial charge is 0.242 e. The van der Waals surface area contributed by atoms with Gasteiger partial charge in [-0.3, -0.25) is 0 Å². The van der Waals surface area contributed by atoms with Crippen LogP contribution in [0.2, 0.25) is 19.6 Å². The maximum Gasteiger partial charge on any atom is 0.242 e. The van der Waals surface area contributed by atoms with Crippen LogP contribution in [0.25, 0.3) is 0 Å². The number of hydrogen-bond donors (Lipinski definition) is 1. The SMILES string of the molecule is C[Si](C)(C)Oc1c(Br)cc(CO)cc1Br. The molecule has 2 nitrogen and oxygen atoms in total. The molecule has 0 saturated carbocycles. The summed E-state index contributed by atoms with van der Waals surface area (Å²) in [6.45, 7) is 6.42. The summed E-state index contributed by atoms with van der Waals surface area (Å²) >= 11 is 6.90. The number of aliphatic hydroxyl groups is 1. The van der Waals surface area contributed by atoms with Crippen LogP contribution in [-0.4, -0.2) is 13.4 Å². The standard InChI is InChI=1S/C10H14Br2O2Si/c1-15(2,3)14-10-8(11)4-7(6-13)5-9(10)12/h4-5,13H,6H2,1-3H3. The van der Waals surface area contributed by atoms with E-state index in [0.29, 0.717) is 0 Å². The molecule has 5 heteroatoms. The third-order valence-corrected chi connectivity index (χ3v) is 3.64. The van der Waals surface area contributed by atoms with E-state index >= 15 is 0 Å². The molecule has 0 spiro atoms. The third kappa shape index (κ3) is 3.90. The molecule has 84 valence electrons. The number of hydrogen-bond acceptors (Lipinski definition) is 2. The van der Waals surface area contributed by atoms with Gasteiger partial charge in [0.15, 0.2) is 0 Å². The summed E-state index contributed by atoms with van der Waals surface area (Å²) in [6.07, 6.45) is 0. The lowest BCUT2D eigenvalue weighted by Crippen LogP contribution is -2.29. The molecule has 0 radical (unpaired) electrons. The Labute approximate surface area is 108 Å². The average molecular weight is 354 g/mol. The fourth-order valence-corrected chi connectivity index (χ4v) is 3.68. The Bertz CT molecular complexity index is 338. The Balaban J connectivity index is 3.09. The normalized spacial score (nSPS) is 11.6. The van der Waals surface area contributed by atoms with Crippen LogP contribution in [0.15, 0.2) is 21.1 Å². The Morgan fingerprint density at radius 2 is 1.67 bits per heavy atom. The number of rotatable bonds is 3. The molecule has 1 aromatic rings. The van der Waals surface area contributed by atoms with Gasteiger partial charge in [-0.1, -0.05) is 0 Å². The fraction of sp³-hybridized carbons (Fsp3) is 0.400. The average Bonchev–Trinajstić information content (AvgIpc) is 2.09. The highest BCUT2D eigenvalue weighted by Gasteiger charge is 2.20. The maximum absolute atomic E-state index is 9.04. The van der Waals surface area contributed by atoms with Gasteiger partial charge in [0.2, 0.25) is 8.32 Å². The second-order valence-electron chi connectivity index (χ2n) is 4.26. The molecule has 0 heterocycles. The van der Waals surface area contributed by atoms with Gasteiger partial charge in [-0.25, -0.2) is 0 Å². The molecule has 0 amide bonds. The van der Waals surface area contributed by atoms with Crippen molar-refractivity contribution in [3.8, 4) is 5.75 Å². The largest absolute Gasteiger partial charge is 0.543 e. The van der Waals surface area contributed by atoms with Crippen LogP contribution in [0.5, 0.6) is 5.75 Å². The van der Waals surface area contributed by atoms with E-state index in [2.05, 4.69) is 51.5 Å². The Hall–Kier alpha value is 0.157. The summed E-state index contributed by atoms with van der Waals surface area (Å²) in [5, 5.41) is 9.04. The van der Waals surface area contributed by atoms with Crippen LogP contribution < -0.4 is 4.43 Å². The molecule has 1 rings (SSSR count). The monoisotopic (exact) mass is 352 g/mol. The molecular formula is C10H14Br2O2Si. The van der Waals surface area contributed by atoms with Gasteiger partial charge in [0.05, 0.1) is 15.6 Å². The summed E-state index contributed by atoms with van der Waals surface area (Å²) in [6, 6.07) is 3.75. The van der Waals surface area contributed by atoms with Gasteiger partial charge in [0.25, 0.3) is 0 Å². The van der Waals surface area contributed by atoms with Gasteiger partial charge in [0.1, 0.15) is 5.75 Å². The van der Waals surface area contributed by atoms with Crippen molar-refractivity contribution in [1.29, 1.82) is 0 Å². The van der Waals surface area contributed by atoms with E-state index in [1.54, 1.807) is 0 Å². The second kappa shape index (κ2) is 4.99. The first-order chi connectivity index (χ1) is 6.83. The van der Waals surface area contributed by atoms with Gasteiger partial charge in [-0.2, -0.15) is 0 Å². The second-order valence-corrected chi connectivity index (χ2v) is 10.4. The summed E-state index contributed by atoms with van der Waals surface area (Å²) < 4.78 is 7.68. The zero-order valence-corrected chi connectivity index (χ0v) is 13.1. The maximum atomic E-state index is 9.04. The minimum atomic E-state index is -1.61. The van der Waals surface area contributed by atoms with Crippen molar-refractivity contribution in [2.75, 3.05) is 0 Å². The molecule has 0 aliphatic heterocycles. The Morgan fingerprint density at radius 1 is 1.20 bits per heavy atom. The molecule has 0 aliphatic carbocycles. The van der Waals surface area contributed by atoms with Crippen molar-refractivity contribution in [1.82, 2.24) is 0 Å². The molecule has 1 N–H and O–H groups in total. The quantitative estimate of drug-likeness (QED) is 0.834. The summed E-state index contributed by atoms with van der Waals surface area (Å²) in [7, 11) is -1.61. The molecule has 0 unspecified atom stereocenters. The van der Waals surface area contributed by atoms with Crippen LogP contribution >= 0.6 is 31.9 Å². The van der Waals surface area contributed by atoms with E-state index < -0.39 is 8.32 Å². The first kappa shape index (κ1) is 13.2. The van der Waals surface area contributed by atoms with Gasteiger partial charge >= 0.3 is 0 Å². The number of benzene rings is 1. The van der Waals surface area contributed by atoms with Gasteiger partial charge < -0.3 is 9.53 Å². The van der Waals surface area contributed by atoms with Crippen LogP contribution in [0.4, 0.5) is 0 Å². The van der Waals surface area contributed by atoms with Crippen molar-refractivity contribution in [2.45, 2.75) is 26.2 Å². The zero-order chi connectivity index (χ0) is 11.6. The molecule has 0 bridgehead atoms. The van der Waals surface area contributed by atoms with Gasteiger partial charge in [-0.15, -0.1) is 0 Å². The highest BCUT2D eigenvalue weighted by Crippen LogP contribution is 2.36. The Kier molecular flexibility index (Phi) is 4.40. The minimum absolute atomic E-state index is 0.0322. The van der Waals surface area contributed by atoms with Crippen molar-refractivity contribution < 1.29 is 9.53 Å². The lowest BCUT2D eigenvalue weighted by molar-refractivity contribution is 0.281.